The summed E-state index contributed by atoms with van der Waals surface area (Å²) in [4.78, 5) is 27.7. The lowest BCUT2D eigenvalue weighted by atomic mass is 9.76. The van der Waals surface area contributed by atoms with Crippen molar-refractivity contribution in [3.63, 3.8) is 0 Å². The van der Waals surface area contributed by atoms with Crippen LogP contribution in [0.15, 0.2) is 46.4 Å². The highest BCUT2D eigenvalue weighted by Crippen LogP contribution is 2.59. The zero-order valence-corrected chi connectivity index (χ0v) is 20.2. The summed E-state index contributed by atoms with van der Waals surface area (Å²) in [6, 6.07) is 0. The highest BCUT2D eigenvalue weighted by atomic mass is 16.7. The van der Waals surface area contributed by atoms with E-state index in [9.17, 15) is 24.9 Å². The number of amides is 1. The van der Waals surface area contributed by atoms with Crippen LogP contribution in [0.25, 0.3) is 0 Å². The Morgan fingerprint density at radius 1 is 1.21 bits per heavy atom. The molecule has 0 bridgehead atoms. The number of fused-ring (bicyclic) bond motifs is 2. The van der Waals surface area contributed by atoms with E-state index in [2.05, 4.69) is 0 Å². The van der Waals surface area contributed by atoms with Gasteiger partial charge in [-0.3, -0.25) is 14.5 Å². The lowest BCUT2D eigenvalue weighted by Gasteiger charge is -2.43. The molecule has 0 aromatic heterocycles. The summed E-state index contributed by atoms with van der Waals surface area (Å²) in [6.45, 7) is 9.09. The minimum atomic E-state index is -1.64. The number of aliphatic hydroxyl groups is 3. The molecule has 8 atom stereocenters. The Bertz CT molecular complexity index is 1090. The Hall–Kier alpha value is -2.26. The predicted octanol–water partition coefficient (Wildman–Crippen LogP) is 2.43. The average Bonchev–Trinajstić information content (AvgIpc) is 3.06. The van der Waals surface area contributed by atoms with Crippen molar-refractivity contribution in [3.05, 3.63) is 46.4 Å². The Balaban J connectivity index is 1.63. The van der Waals surface area contributed by atoms with Crippen molar-refractivity contribution in [2.45, 2.75) is 89.6 Å². The van der Waals surface area contributed by atoms with E-state index in [1.807, 2.05) is 26.8 Å². The van der Waals surface area contributed by atoms with E-state index in [4.69, 9.17) is 9.47 Å². The number of carbonyl (C=O) groups excluding carboxylic acids is 2. The molecule has 1 amide bonds. The first-order valence-corrected chi connectivity index (χ1v) is 12.1. The van der Waals surface area contributed by atoms with Gasteiger partial charge in [0.05, 0.1) is 29.6 Å². The molecule has 0 aromatic carbocycles. The molecule has 1 saturated carbocycles. The summed E-state index contributed by atoms with van der Waals surface area (Å²) in [5, 5.41) is 33.4. The normalized spacial score (nSPS) is 43.9. The minimum absolute atomic E-state index is 0.0454. The lowest BCUT2D eigenvalue weighted by molar-refractivity contribution is -0.233. The van der Waals surface area contributed by atoms with Gasteiger partial charge in [-0.1, -0.05) is 25.5 Å². The first kappa shape index (κ1) is 23.5. The van der Waals surface area contributed by atoms with Crippen LogP contribution in [0.3, 0.4) is 0 Å². The summed E-state index contributed by atoms with van der Waals surface area (Å²) in [5.41, 5.74) is -1.16. The molecular weight excluding hydrogens is 438 g/mol. The van der Waals surface area contributed by atoms with Crippen LogP contribution in [-0.2, 0) is 19.1 Å². The smallest absolute Gasteiger partial charge is 0.258 e. The molecule has 184 valence electrons. The van der Waals surface area contributed by atoms with E-state index in [1.165, 1.54) is 17.1 Å². The lowest BCUT2D eigenvalue weighted by Crippen LogP contribution is -2.53. The topological polar surface area (TPSA) is 117 Å². The summed E-state index contributed by atoms with van der Waals surface area (Å²) in [7, 11) is 0. The van der Waals surface area contributed by atoms with Crippen LogP contribution in [0, 0.1) is 11.8 Å². The van der Waals surface area contributed by atoms with Crippen LogP contribution in [0.5, 0.6) is 0 Å². The standard InChI is InChI=1S/C26H33NO7/c1-6-25-11-12(2)21-13(3)22(34-20-8-7-18(29)15(5)33-20)17-9-16(28)10-19(26(17,21)32)27(25)24(31)14(4)23(25)30/h9-11,13,15,18,20-22,29-30,32H,6-8H2,1-5H3/t13-,15-,18-,20+,21-,22+,25-,26+/m1/s1. The minimum Gasteiger partial charge on any atom is -0.509 e. The third kappa shape index (κ3) is 2.86. The molecule has 3 heterocycles. The molecule has 5 rings (SSSR count). The Labute approximate surface area is 199 Å². The average molecular weight is 472 g/mol. The number of ether oxygens (including phenoxy) is 2. The van der Waals surface area contributed by atoms with Gasteiger partial charge in [-0.25, -0.2) is 0 Å². The van der Waals surface area contributed by atoms with Gasteiger partial charge in [-0.15, -0.1) is 0 Å². The second-order valence-corrected chi connectivity index (χ2v) is 10.4. The maximum atomic E-state index is 13.4. The Morgan fingerprint density at radius 2 is 1.91 bits per heavy atom. The van der Waals surface area contributed by atoms with Crippen LogP contribution in [0.4, 0.5) is 0 Å². The SMILES string of the molecule is CC[C@]12C=C(C)[C@@H]3[C@@H](C)[C@H](O[C@H]4CC[C@@H](O)[C@@H](C)O4)C4=CC(=O)C=C(N1C(=O)C(C)=C2O)[C@@]43O. The van der Waals surface area contributed by atoms with Crippen molar-refractivity contribution >= 4 is 11.7 Å². The van der Waals surface area contributed by atoms with Crippen molar-refractivity contribution in [2.24, 2.45) is 11.8 Å². The molecule has 0 radical (unpaired) electrons. The fraction of sp³-hybridized carbons (Fsp3) is 0.615. The highest BCUT2D eigenvalue weighted by molar-refractivity contribution is 6.05. The van der Waals surface area contributed by atoms with Crippen molar-refractivity contribution in [1.82, 2.24) is 4.90 Å². The number of aliphatic hydroxyl groups excluding tert-OH is 2. The maximum Gasteiger partial charge on any atom is 0.258 e. The van der Waals surface area contributed by atoms with Gasteiger partial charge < -0.3 is 24.8 Å². The van der Waals surface area contributed by atoms with Gasteiger partial charge in [-0.05, 0) is 45.6 Å². The van der Waals surface area contributed by atoms with Crippen LogP contribution in [0.2, 0.25) is 0 Å². The molecule has 0 unspecified atom stereocenters. The van der Waals surface area contributed by atoms with Gasteiger partial charge in [0, 0.05) is 24.0 Å². The van der Waals surface area contributed by atoms with Crippen LogP contribution in [-0.4, -0.2) is 67.7 Å². The number of ketones is 1. The van der Waals surface area contributed by atoms with Gasteiger partial charge in [0.25, 0.3) is 5.91 Å². The number of hydrogen-bond donors (Lipinski definition) is 3. The number of rotatable bonds is 3. The number of carbonyl (C=O) groups is 2. The second kappa shape index (κ2) is 7.62. The quantitative estimate of drug-likeness (QED) is 0.541. The number of allylic oxidation sites excluding steroid dienone is 2. The Kier molecular flexibility index (Phi) is 5.26. The molecule has 8 heteroatoms. The number of nitrogens with zero attached hydrogens (tertiary/aromatic N) is 1. The highest BCUT2D eigenvalue weighted by Gasteiger charge is 2.66. The fourth-order valence-corrected chi connectivity index (χ4v) is 6.79. The Morgan fingerprint density at radius 3 is 2.56 bits per heavy atom. The van der Waals surface area contributed by atoms with E-state index in [0.717, 1.165) is 5.57 Å². The van der Waals surface area contributed by atoms with Crippen molar-refractivity contribution in [1.29, 1.82) is 0 Å². The molecule has 0 spiro atoms. The molecular formula is C26H33NO7. The molecule has 3 N–H and O–H groups in total. The second-order valence-electron chi connectivity index (χ2n) is 10.4. The van der Waals surface area contributed by atoms with Crippen LogP contribution in [0.1, 0.15) is 53.9 Å². The molecule has 34 heavy (non-hydrogen) atoms. The molecule has 5 aliphatic rings. The predicted molar refractivity (Wildman–Crippen MR) is 122 cm³/mol. The zero-order chi connectivity index (χ0) is 24.7. The first-order valence-electron chi connectivity index (χ1n) is 12.1. The maximum absolute atomic E-state index is 13.4. The molecule has 2 aliphatic carbocycles. The van der Waals surface area contributed by atoms with Gasteiger partial charge in [0.2, 0.25) is 0 Å². The molecule has 0 aromatic rings. The fourth-order valence-electron chi connectivity index (χ4n) is 6.79. The largest absolute Gasteiger partial charge is 0.509 e. The van der Waals surface area contributed by atoms with Crippen molar-refractivity contribution < 1.29 is 34.4 Å². The molecule has 8 nitrogen and oxygen atoms in total. The molecule has 2 fully saturated rings. The third-order valence-corrected chi connectivity index (χ3v) is 8.50. The van der Waals surface area contributed by atoms with Gasteiger partial charge in [-0.2, -0.15) is 0 Å². The van der Waals surface area contributed by atoms with E-state index in [1.54, 1.807) is 13.8 Å². The van der Waals surface area contributed by atoms with E-state index in [0.29, 0.717) is 24.8 Å². The summed E-state index contributed by atoms with van der Waals surface area (Å²) < 4.78 is 12.2. The van der Waals surface area contributed by atoms with Gasteiger partial charge >= 0.3 is 0 Å². The summed E-state index contributed by atoms with van der Waals surface area (Å²) in [6.07, 6.45) is 3.89. The summed E-state index contributed by atoms with van der Waals surface area (Å²) >= 11 is 0. The summed E-state index contributed by atoms with van der Waals surface area (Å²) in [5.74, 6) is -1.52. The van der Waals surface area contributed by atoms with E-state index >= 15 is 0 Å². The van der Waals surface area contributed by atoms with E-state index in [-0.39, 0.29) is 34.8 Å². The zero-order valence-electron chi connectivity index (χ0n) is 20.2. The first-order chi connectivity index (χ1) is 16.0. The van der Waals surface area contributed by atoms with Crippen molar-refractivity contribution in [2.75, 3.05) is 0 Å². The monoisotopic (exact) mass is 471 g/mol. The van der Waals surface area contributed by atoms with Crippen LogP contribution < -0.4 is 0 Å². The van der Waals surface area contributed by atoms with Crippen molar-refractivity contribution in [3.8, 4) is 0 Å². The molecule has 3 aliphatic heterocycles. The number of hydrogen-bond acceptors (Lipinski definition) is 7. The van der Waals surface area contributed by atoms with Crippen LogP contribution >= 0.6 is 0 Å². The third-order valence-electron chi connectivity index (χ3n) is 8.50. The van der Waals surface area contributed by atoms with Gasteiger partial charge in [0.15, 0.2) is 12.1 Å². The van der Waals surface area contributed by atoms with Gasteiger partial charge in [0.1, 0.15) is 16.9 Å². The molecule has 1 saturated heterocycles. The van der Waals surface area contributed by atoms with E-state index < -0.39 is 41.5 Å².